The summed E-state index contributed by atoms with van der Waals surface area (Å²) in [5.74, 6) is -2.03. The number of nitrogens with zero attached hydrogens (tertiary/aromatic N) is 1. The predicted molar refractivity (Wildman–Crippen MR) is 141 cm³/mol. The molecule has 1 aliphatic carbocycles. The van der Waals surface area contributed by atoms with Gasteiger partial charge in [0.1, 0.15) is 5.75 Å². The molecule has 5 nitrogen and oxygen atoms in total. The van der Waals surface area contributed by atoms with Crippen LogP contribution in [0.25, 0.3) is 28.1 Å². The predicted octanol–water partition coefficient (Wildman–Crippen LogP) is 8.11. The second kappa shape index (κ2) is 10.6. The molecule has 0 saturated heterocycles. The number of H-pyrrole nitrogens is 1. The Morgan fingerprint density at radius 1 is 1.05 bits per heavy atom. The van der Waals surface area contributed by atoms with E-state index in [9.17, 15) is 22.4 Å². The number of aliphatic carboxylic acids is 1. The van der Waals surface area contributed by atoms with Crippen molar-refractivity contribution < 1.29 is 32.2 Å². The van der Waals surface area contributed by atoms with Crippen LogP contribution in [0, 0.1) is 11.9 Å². The van der Waals surface area contributed by atoms with Crippen molar-refractivity contribution in [2.75, 3.05) is 0 Å². The van der Waals surface area contributed by atoms with E-state index in [2.05, 4.69) is 14.9 Å². The molecular formula is C29H21ClF4N2O3. The fraction of sp³-hybridized carbons (Fsp3) is 0.172. The number of aromatic nitrogens is 2. The molecule has 0 bridgehead atoms. The van der Waals surface area contributed by atoms with Crippen LogP contribution < -0.4 is 4.74 Å². The van der Waals surface area contributed by atoms with Crippen LogP contribution in [0.2, 0.25) is 5.02 Å². The molecule has 1 fully saturated rings. The molecule has 200 valence electrons. The number of alkyl halides is 3. The third kappa shape index (κ3) is 5.83. The number of allylic oxidation sites excluding steroid dienone is 1. The lowest BCUT2D eigenvalue weighted by atomic mass is 9.73. The molecule has 2 N–H and O–H groups in total. The Hall–Kier alpha value is -4.11. The van der Waals surface area contributed by atoms with Gasteiger partial charge < -0.3 is 9.84 Å². The van der Waals surface area contributed by atoms with Crippen molar-refractivity contribution in [3.63, 3.8) is 0 Å². The van der Waals surface area contributed by atoms with Gasteiger partial charge in [0.25, 0.3) is 0 Å². The number of carboxylic acids is 1. The molecule has 0 amide bonds. The van der Waals surface area contributed by atoms with Crippen LogP contribution in [-0.2, 0) is 4.79 Å². The zero-order chi connectivity index (χ0) is 27.7. The normalized spacial score (nSPS) is 14.9. The number of ether oxygens (including phenoxy) is 1. The van der Waals surface area contributed by atoms with Crippen molar-refractivity contribution in [2.45, 2.75) is 25.6 Å². The molecule has 0 atom stereocenters. The van der Waals surface area contributed by atoms with E-state index < -0.39 is 24.0 Å². The Kier molecular flexibility index (Phi) is 7.18. The van der Waals surface area contributed by atoms with Gasteiger partial charge in [-0.1, -0.05) is 48.4 Å². The van der Waals surface area contributed by atoms with E-state index in [0.29, 0.717) is 27.6 Å². The van der Waals surface area contributed by atoms with E-state index in [1.807, 2.05) is 18.2 Å². The second-order valence-corrected chi connectivity index (χ2v) is 9.58. The molecule has 0 aliphatic heterocycles. The van der Waals surface area contributed by atoms with Crippen molar-refractivity contribution in [2.24, 2.45) is 5.92 Å². The van der Waals surface area contributed by atoms with E-state index in [1.54, 1.807) is 24.3 Å². The first kappa shape index (κ1) is 26.5. The van der Waals surface area contributed by atoms with Crippen LogP contribution in [0.15, 0.2) is 66.7 Å². The molecule has 1 heterocycles. The fourth-order valence-electron chi connectivity index (χ4n) is 4.71. The van der Waals surface area contributed by atoms with Crippen molar-refractivity contribution in [1.29, 1.82) is 0 Å². The summed E-state index contributed by atoms with van der Waals surface area (Å²) in [5, 5.41) is 15.6. The molecule has 1 aliphatic rings. The van der Waals surface area contributed by atoms with Crippen LogP contribution in [0.4, 0.5) is 17.6 Å². The molecule has 0 radical (unpaired) electrons. The molecule has 3 aromatic carbocycles. The number of hydrogen-bond donors (Lipinski definition) is 2. The lowest BCUT2D eigenvalue weighted by Crippen LogP contribution is -2.17. The van der Waals surface area contributed by atoms with Gasteiger partial charge in [-0.05, 0) is 88.6 Å². The SMILES string of the molecule is O=C(O)C=Cc1ccc(C(=C(c2ccc(OC(F)(F)F)cc2Cl)C2CCC2)c2ccc3n[nH]c(F)c3c2)cc1. The van der Waals surface area contributed by atoms with Crippen LogP contribution in [-0.4, -0.2) is 27.6 Å². The highest BCUT2D eigenvalue weighted by Crippen LogP contribution is 2.47. The first-order valence-corrected chi connectivity index (χ1v) is 12.4. The maximum Gasteiger partial charge on any atom is 0.573 e. The van der Waals surface area contributed by atoms with Crippen molar-refractivity contribution in [1.82, 2.24) is 10.2 Å². The molecule has 1 aromatic heterocycles. The number of fused-ring (bicyclic) bond motifs is 1. The Labute approximate surface area is 225 Å². The maximum absolute atomic E-state index is 14.5. The van der Waals surface area contributed by atoms with Gasteiger partial charge in [0.05, 0.1) is 15.9 Å². The minimum Gasteiger partial charge on any atom is -0.478 e. The zero-order valence-electron chi connectivity index (χ0n) is 20.2. The number of rotatable bonds is 7. The van der Waals surface area contributed by atoms with Gasteiger partial charge in [0, 0.05) is 6.08 Å². The molecule has 0 spiro atoms. The number of nitrogens with one attached hydrogen (secondary N) is 1. The average Bonchev–Trinajstić information content (AvgIpc) is 3.21. The van der Waals surface area contributed by atoms with Gasteiger partial charge in [-0.2, -0.15) is 9.49 Å². The molecule has 0 unspecified atom stereocenters. The molecule has 10 heteroatoms. The fourth-order valence-corrected chi connectivity index (χ4v) is 4.98. The molecule has 4 aromatic rings. The summed E-state index contributed by atoms with van der Waals surface area (Å²) in [4.78, 5) is 10.9. The topological polar surface area (TPSA) is 75.2 Å². The lowest BCUT2D eigenvalue weighted by molar-refractivity contribution is -0.274. The standard InChI is InChI=1S/C29H21ClF4N2O3/c30-23-15-20(39-29(32,33)34)10-11-21(23)27(17-2-1-3-17)26(18-7-4-16(5-8-18)6-13-25(37)38)19-9-12-24-22(14-19)28(31)36-35-24/h4-15,17H,1-3H2,(H,35,36)(H,37,38). The summed E-state index contributed by atoms with van der Waals surface area (Å²) in [6.07, 6.45) is 0.304. The number of carbonyl (C=O) groups is 1. The Bertz CT molecular complexity index is 1600. The van der Waals surface area contributed by atoms with Crippen LogP contribution in [0.3, 0.4) is 0 Å². The van der Waals surface area contributed by atoms with Crippen LogP contribution >= 0.6 is 11.6 Å². The minimum absolute atomic E-state index is 0.0587. The van der Waals surface area contributed by atoms with E-state index in [4.69, 9.17) is 16.7 Å². The summed E-state index contributed by atoms with van der Waals surface area (Å²) < 4.78 is 57.0. The quantitative estimate of drug-likeness (QED) is 0.137. The zero-order valence-corrected chi connectivity index (χ0v) is 21.0. The number of hydrogen-bond acceptors (Lipinski definition) is 3. The van der Waals surface area contributed by atoms with E-state index in [0.717, 1.165) is 48.1 Å². The summed E-state index contributed by atoms with van der Waals surface area (Å²) in [7, 11) is 0. The third-order valence-corrected chi connectivity index (χ3v) is 6.97. The van der Waals surface area contributed by atoms with Crippen LogP contribution in [0.1, 0.15) is 41.5 Å². The molecule has 39 heavy (non-hydrogen) atoms. The van der Waals surface area contributed by atoms with Gasteiger partial charge in [-0.25, -0.2) is 4.79 Å². The summed E-state index contributed by atoms with van der Waals surface area (Å²) in [6, 6.07) is 16.2. The van der Waals surface area contributed by atoms with Gasteiger partial charge >= 0.3 is 12.3 Å². The number of halogens is 5. The van der Waals surface area contributed by atoms with E-state index in [-0.39, 0.29) is 10.9 Å². The number of carboxylic acid groups (broad SMARTS) is 1. The minimum atomic E-state index is -4.86. The summed E-state index contributed by atoms with van der Waals surface area (Å²) >= 11 is 6.57. The second-order valence-electron chi connectivity index (χ2n) is 9.17. The highest BCUT2D eigenvalue weighted by Gasteiger charge is 2.32. The summed E-state index contributed by atoms with van der Waals surface area (Å²) in [5.41, 5.74) is 4.64. The Morgan fingerprint density at radius 3 is 2.38 bits per heavy atom. The first-order chi connectivity index (χ1) is 18.6. The average molecular weight is 557 g/mol. The first-order valence-electron chi connectivity index (χ1n) is 12.0. The van der Waals surface area contributed by atoms with Crippen molar-refractivity contribution in [3.05, 3.63) is 100.0 Å². The maximum atomic E-state index is 14.5. The van der Waals surface area contributed by atoms with Crippen molar-refractivity contribution >= 4 is 45.7 Å². The van der Waals surface area contributed by atoms with Crippen LogP contribution in [0.5, 0.6) is 5.75 Å². The van der Waals surface area contributed by atoms with Crippen molar-refractivity contribution in [3.8, 4) is 5.75 Å². The van der Waals surface area contributed by atoms with Gasteiger partial charge in [-0.15, -0.1) is 13.2 Å². The summed E-state index contributed by atoms with van der Waals surface area (Å²) in [6.45, 7) is 0. The largest absolute Gasteiger partial charge is 0.573 e. The monoisotopic (exact) mass is 556 g/mol. The lowest BCUT2D eigenvalue weighted by Gasteiger charge is -2.32. The third-order valence-electron chi connectivity index (χ3n) is 6.66. The van der Waals surface area contributed by atoms with E-state index in [1.165, 1.54) is 18.2 Å². The van der Waals surface area contributed by atoms with Gasteiger partial charge in [0.2, 0.25) is 5.95 Å². The highest BCUT2D eigenvalue weighted by atomic mass is 35.5. The number of aromatic amines is 1. The number of benzene rings is 3. The van der Waals surface area contributed by atoms with E-state index >= 15 is 0 Å². The molecule has 1 saturated carbocycles. The van der Waals surface area contributed by atoms with Gasteiger partial charge in [-0.3, -0.25) is 5.10 Å². The Morgan fingerprint density at radius 2 is 1.77 bits per heavy atom. The van der Waals surface area contributed by atoms with Gasteiger partial charge in [0.15, 0.2) is 0 Å². The Balaban J connectivity index is 1.73. The molecule has 5 rings (SSSR count). The molecular weight excluding hydrogens is 536 g/mol. The highest BCUT2D eigenvalue weighted by molar-refractivity contribution is 6.33. The smallest absolute Gasteiger partial charge is 0.478 e.